The number of hydrogen-bond acceptors (Lipinski definition) is 6. The molecule has 0 atom stereocenters. The van der Waals surface area contributed by atoms with Gasteiger partial charge in [0.2, 0.25) is 5.95 Å². The van der Waals surface area contributed by atoms with E-state index < -0.39 is 5.91 Å². The molecule has 0 bridgehead atoms. The van der Waals surface area contributed by atoms with Crippen LogP contribution in [0.3, 0.4) is 0 Å². The highest BCUT2D eigenvalue weighted by Gasteiger charge is 2.06. The van der Waals surface area contributed by atoms with Gasteiger partial charge in [-0.3, -0.25) is 4.79 Å². The lowest BCUT2D eigenvalue weighted by atomic mass is 10.2. The fourth-order valence-corrected chi connectivity index (χ4v) is 1.76. The third kappa shape index (κ3) is 3.75. The molecule has 0 aliphatic heterocycles. The van der Waals surface area contributed by atoms with E-state index in [2.05, 4.69) is 10.1 Å². The Hall–Kier alpha value is -3.03. The van der Waals surface area contributed by atoms with Crippen LogP contribution in [0.15, 0.2) is 29.5 Å². The molecule has 1 aromatic heterocycles. The van der Waals surface area contributed by atoms with Crippen LogP contribution < -0.4 is 20.9 Å². The van der Waals surface area contributed by atoms with Gasteiger partial charge in [-0.25, -0.2) is 9.66 Å². The molecule has 1 heterocycles. The van der Waals surface area contributed by atoms with E-state index in [0.717, 1.165) is 11.3 Å². The van der Waals surface area contributed by atoms with Gasteiger partial charge in [0, 0.05) is 0 Å². The first kappa shape index (κ1) is 15.4. The number of rotatable bonds is 6. The quantitative estimate of drug-likeness (QED) is 0.755. The van der Waals surface area contributed by atoms with Crippen molar-refractivity contribution in [3.05, 3.63) is 35.7 Å². The Balaban J connectivity index is 2.18. The Labute approximate surface area is 127 Å². The van der Waals surface area contributed by atoms with E-state index in [-0.39, 0.29) is 6.61 Å². The Morgan fingerprint density at radius 3 is 2.82 bits per heavy atom. The smallest absolute Gasteiger partial charge is 0.255 e. The van der Waals surface area contributed by atoms with Crippen LogP contribution in [-0.4, -0.2) is 35.5 Å². The summed E-state index contributed by atoms with van der Waals surface area (Å²) in [6.45, 7) is 1.62. The number of nitrogen functional groups attached to an aromatic ring is 1. The maximum absolute atomic E-state index is 10.7. The molecule has 0 saturated carbocycles. The number of primary amides is 1. The first-order chi connectivity index (χ1) is 10.5. The number of amides is 1. The second-order valence-corrected chi connectivity index (χ2v) is 4.49. The summed E-state index contributed by atoms with van der Waals surface area (Å²) in [5.74, 6) is 0.650. The summed E-state index contributed by atoms with van der Waals surface area (Å²) in [4.78, 5) is 14.8. The molecular weight excluding hydrogens is 286 g/mol. The SMILES string of the molecule is COc1cc(C=Nn2cc(C)nc2N)ccc1OCC(N)=O. The lowest BCUT2D eigenvalue weighted by Gasteiger charge is -2.09. The number of imidazole rings is 1. The van der Waals surface area contributed by atoms with Crippen molar-refractivity contribution in [1.82, 2.24) is 9.66 Å². The number of carbonyl (C=O) groups is 1. The Morgan fingerprint density at radius 1 is 1.45 bits per heavy atom. The van der Waals surface area contributed by atoms with Crippen LogP contribution >= 0.6 is 0 Å². The average Bonchev–Trinajstić information content (AvgIpc) is 2.81. The number of hydrogen-bond donors (Lipinski definition) is 2. The molecule has 0 unspecified atom stereocenters. The predicted molar refractivity (Wildman–Crippen MR) is 82.1 cm³/mol. The number of ether oxygens (including phenoxy) is 2. The van der Waals surface area contributed by atoms with Crippen LogP contribution in [0, 0.1) is 6.92 Å². The minimum absolute atomic E-state index is 0.214. The Kier molecular flexibility index (Phi) is 4.62. The van der Waals surface area contributed by atoms with E-state index in [1.807, 2.05) is 6.92 Å². The molecule has 0 radical (unpaired) electrons. The van der Waals surface area contributed by atoms with Crippen molar-refractivity contribution in [2.75, 3.05) is 19.5 Å². The standard InChI is InChI=1S/C14H17N5O3/c1-9-7-19(14(16)18-9)17-6-10-3-4-11(12(5-10)21-2)22-8-13(15)20/h3-7H,8H2,1-2H3,(H2,15,20)(H2,16,18). The van der Waals surface area contributed by atoms with Gasteiger partial charge < -0.3 is 20.9 Å². The van der Waals surface area contributed by atoms with Crippen LogP contribution in [-0.2, 0) is 4.79 Å². The van der Waals surface area contributed by atoms with Crippen molar-refractivity contribution in [3.8, 4) is 11.5 Å². The van der Waals surface area contributed by atoms with Crippen molar-refractivity contribution < 1.29 is 14.3 Å². The van der Waals surface area contributed by atoms with E-state index in [4.69, 9.17) is 20.9 Å². The molecule has 8 nitrogen and oxygen atoms in total. The molecule has 22 heavy (non-hydrogen) atoms. The van der Waals surface area contributed by atoms with Gasteiger partial charge >= 0.3 is 0 Å². The Bertz CT molecular complexity index is 708. The largest absolute Gasteiger partial charge is 0.493 e. The molecule has 2 rings (SSSR count). The van der Waals surface area contributed by atoms with Crippen molar-refractivity contribution in [1.29, 1.82) is 0 Å². The summed E-state index contributed by atoms with van der Waals surface area (Å²) in [7, 11) is 1.50. The zero-order valence-electron chi connectivity index (χ0n) is 12.3. The molecular formula is C14H17N5O3. The monoisotopic (exact) mass is 303 g/mol. The predicted octanol–water partition coefficient (Wildman–Crippen LogP) is 0.529. The Morgan fingerprint density at radius 2 is 2.23 bits per heavy atom. The number of carbonyl (C=O) groups excluding carboxylic acids is 1. The molecule has 0 aliphatic carbocycles. The topological polar surface area (TPSA) is 118 Å². The summed E-state index contributed by atoms with van der Waals surface area (Å²) in [5.41, 5.74) is 12.3. The highest BCUT2D eigenvalue weighted by Crippen LogP contribution is 2.27. The first-order valence-electron chi connectivity index (χ1n) is 6.44. The van der Waals surface area contributed by atoms with E-state index in [0.29, 0.717) is 17.4 Å². The van der Waals surface area contributed by atoms with Crippen molar-refractivity contribution in [2.45, 2.75) is 6.92 Å². The van der Waals surface area contributed by atoms with Crippen LogP contribution in [0.1, 0.15) is 11.3 Å². The zero-order valence-corrected chi connectivity index (χ0v) is 12.3. The van der Waals surface area contributed by atoms with Crippen molar-refractivity contribution in [3.63, 3.8) is 0 Å². The van der Waals surface area contributed by atoms with Gasteiger partial charge in [-0.05, 0) is 30.7 Å². The minimum Gasteiger partial charge on any atom is -0.493 e. The van der Waals surface area contributed by atoms with E-state index in [1.54, 1.807) is 30.6 Å². The lowest BCUT2D eigenvalue weighted by Crippen LogP contribution is -2.20. The van der Waals surface area contributed by atoms with Gasteiger partial charge in [-0.2, -0.15) is 5.10 Å². The molecule has 0 saturated heterocycles. The summed E-state index contributed by atoms with van der Waals surface area (Å²) in [6, 6.07) is 5.16. The maximum atomic E-state index is 10.7. The molecule has 0 aliphatic rings. The number of nitrogens with zero attached hydrogens (tertiary/aromatic N) is 3. The summed E-state index contributed by atoms with van der Waals surface area (Å²) in [5, 5.41) is 4.21. The van der Waals surface area contributed by atoms with Crippen molar-refractivity contribution >= 4 is 18.1 Å². The third-order valence-electron chi connectivity index (χ3n) is 2.72. The molecule has 0 spiro atoms. The summed E-state index contributed by atoms with van der Waals surface area (Å²) in [6.07, 6.45) is 3.32. The van der Waals surface area contributed by atoms with Crippen molar-refractivity contribution in [2.24, 2.45) is 10.8 Å². The second kappa shape index (κ2) is 6.61. The van der Waals surface area contributed by atoms with Gasteiger partial charge in [-0.1, -0.05) is 0 Å². The van der Waals surface area contributed by atoms with Gasteiger partial charge in [0.15, 0.2) is 18.1 Å². The highest BCUT2D eigenvalue weighted by molar-refractivity contribution is 5.81. The number of aryl methyl sites for hydroxylation is 1. The highest BCUT2D eigenvalue weighted by atomic mass is 16.5. The fraction of sp³-hybridized carbons (Fsp3) is 0.214. The zero-order chi connectivity index (χ0) is 16.1. The fourth-order valence-electron chi connectivity index (χ4n) is 1.76. The van der Waals surface area contributed by atoms with Crippen LogP contribution in [0.4, 0.5) is 5.95 Å². The van der Waals surface area contributed by atoms with Gasteiger partial charge in [0.1, 0.15) is 0 Å². The third-order valence-corrected chi connectivity index (χ3v) is 2.72. The molecule has 1 aromatic carbocycles. The number of aromatic nitrogens is 2. The molecule has 0 fully saturated rings. The molecule has 116 valence electrons. The van der Waals surface area contributed by atoms with E-state index in [1.165, 1.54) is 11.8 Å². The number of nitrogens with two attached hydrogens (primary N) is 2. The van der Waals surface area contributed by atoms with E-state index in [9.17, 15) is 4.79 Å². The summed E-state index contributed by atoms with van der Waals surface area (Å²) >= 11 is 0. The second-order valence-electron chi connectivity index (χ2n) is 4.49. The number of benzene rings is 1. The number of anilines is 1. The van der Waals surface area contributed by atoms with Crippen LogP contribution in [0.25, 0.3) is 0 Å². The minimum atomic E-state index is -0.557. The van der Waals surface area contributed by atoms with Gasteiger partial charge in [0.25, 0.3) is 5.91 Å². The normalized spacial score (nSPS) is 10.8. The van der Waals surface area contributed by atoms with Crippen LogP contribution in [0.2, 0.25) is 0 Å². The average molecular weight is 303 g/mol. The summed E-state index contributed by atoms with van der Waals surface area (Å²) < 4.78 is 11.9. The molecule has 4 N–H and O–H groups in total. The molecule has 8 heteroatoms. The molecule has 2 aromatic rings. The molecule has 1 amide bonds. The van der Waals surface area contributed by atoms with Crippen LogP contribution in [0.5, 0.6) is 11.5 Å². The van der Waals surface area contributed by atoms with E-state index >= 15 is 0 Å². The maximum Gasteiger partial charge on any atom is 0.255 e. The number of methoxy groups -OCH3 is 1. The first-order valence-corrected chi connectivity index (χ1v) is 6.44. The van der Waals surface area contributed by atoms with Gasteiger partial charge in [-0.15, -0.1) is 0 Å². The lowest BCUT2D eigenvalue weighted by molar-refractivity contribution is -0.119. The van der Waals surface area contributed by atoms with Gasteiger partial charge in [0.05, 0.1) is 25.2 Å².